The van der Waals surface area contributed by atoms with Crippen molar-refractivity contribution in [3.8, 4) is 10.7 Å². The second-order valence-corrected chi connectivity index (χ2v) is 6.70. The van der Waals surface area contributed by atoms with Crippen molar-refractivity contribution in [2.75, 3.05) is 13.2 Å². The SMILES string of the molecule is OCCN(Cc1csc(-c2ccccn2)n1)C1CCCCC1. The molecule has 0 spiro atoms. The Morgan fingerprint density at radius 2 is 2.09 bits per heavy atom. The summed E-state index contributed by atoms with van der Waals surface area (Å²) >= 11 is 1.65. The van der Waals surface area contributed by atoms with Gasteiger partial charge < -0.3 is 5.11 Å². The summed E-state index contributed by atoms with van der Waals surface area (Å²) < 4.78 is 0. The Balaban J connectivity index is 1.69. The summed E-state index contributed by atoms with van der Waals surface area (Å²) in [6.45, 7) is 1.78. The predicted molar refractivity (Wildman–Crippen MR) is 89.7 cm³/mol. The molecule has 1 fully saturated rings. The number of nitrogens with zero attached hydrogens (tertiary/aromatic N) is 3. The predicted octanol–water partition coefficient (Wildman–Crippen LogP) is 3.33. The third-order valence-electron chi connectivity index (χ3n) is 4.28. The molecule has 0 atom stereocenters. The molecule has 1 aliphatic rings. The minimum atomic E-state index is 0.216. The van der Waals surface area contributed by atoms with Gasteiger partial charge in [0.2, 0.25) is 0 Å². The van der Waals surface area contributed by atoms with E-state index in [-0.39, 0.29) is 6.61 Å². The number of aromatic nitrogens is 2. The second kappa shape index (κ2) is 7.81. The van der Waals surface area contributed by atoms with E-state index in [9.17, 15) is 5.11 Å². The van der Waals surface area contributed by atoms with Crippen LogP contribution in [0.3, 0.4) is 0 Å². The molecule has 1 N–H and O–H groups in total. The van der Waals surface area contributed by atoms with Crippen LogP contribution < -0.4 is 0 Å². The number of pyridine rings is 1. The van der Waals surface area contributed by atoms with Gasteiger partial charge in [-0.25, -0.2) is 4.98 Å². The first-order valence-electron chi connectivity index (χ1n) is 8.07. The zero-order chi connectivity index (χ0) is 15.2. The standard InChI is InChI=1S/C17H23N3OS/c21-11-10-20(15-6-2-1-3-7-15)12-14-13-22-17(19-14)16-8-4-5-9-18-16/h4-5,8-9,13,15,21H,1-3,6-7,10-12H2. The third-order valence-corrected chi connectivity index (χ3v) is 5.19. The van der Waals surface area contributed by atoms with Gasteiger partial charge in [0.25, 0.3) is 0 Å². The molecule has 0 amide bonds. The average Bonchev–Trinajstić information content (AvgIpc) is 3.05. The van der Waals surface area contributed by atoms with Crippen LogP contribution in [-0.2, 0) is 6.54 Å². The summed E-state index contributed by atoms with van der Waals surface area (Å²) in [4.78, 5) is 11.5. The van der Waals surface area contributed by atoms with Gasteiger partial charge in [-0.2, -0.15) is 0 Å². The van der Waals surface area contributed by atoms with Crippen molar-refractivity contribution in [3.05, 3.63) is 35.5 Å². The van der Waals surface area contributed by atoms with E-state index >= 15 is 0 Å². The van der Waals surface area contributed by atoms with Gasteiger partial charge in [-0.05, 0) is 25.0 Å². The lowest BCUT2D eigenvalue weighted by Crippen LogP contribution is -2.38. The van der Waals surface area contributed by atoms with E-state index in [4.69, 9.17) is 4.98 Å². The van der Waals surface area contributed by atoms with Gasteiger partial charge >= 0.3 is 0 Å². The highest BCUT2D eigenvalue weighted by Gasteiger charge is 2.21. The highest BCUT2D eigenvalue weighted by atomic mass is 32.1. The first-order chi connectivity index (χ1) is 10.9. The molecule has 22 heavy (non-hydrogen) atoms. The Bertz CT molecular complexity index is 566. The molecule has 0 aromatic carbocycles. The first kappa shape index (κ1) is 15.6. The van der Waals surface area contributed by atoms with Crippen molar-refractivity contribution in [1.82, 2.24) is 14.9 Å². The summed E-state index contributed by atoms with van der Waals surface area (Å²) in [6, 6.07) is 6.50. The Morgan fingerprint density at radius 1 is 1.23 bits per heavy atom. The molecule has 2 aromatic heterocycles. The zero-order valence-electron chi connectivity index (χ0n) is 12.8. The van der Waals surface area contributed by atoms with Gasteiger partial charge in [0, 0.05) is 30.7 Å². The van der Waals surface area contributed by atoms with Crippen molar-refractivity contribution >= 4 is 11.3 Å². The van der Waals surface area contributed by atoms with E-state index < -0.39 is 0 Å². The number of rotatable bonds is 6. The monoisotopic (exact) mass is 317 g/mol. The molecule has 0 bridgehead atoms. The third kappa shape index (κ3) is 3.91. The topological polar surface area (TPSA) is 49.2 Å². The van der Waals surface area contributed by atoms with Crippen LogP contribution in [0.15, 0.2) is 29.8 Å². The molecule has 3 rings (SSSR count). The van der Waals surface area contributed by atoms with Crippen molar-refractivity contribution in [1.29, 1.82) is 0 Å². The van der Waals surface area contributed by atoms with E-state index in [0.717, 1.165) is 29.5 Å². The molecule has 1 aliphatic carbocycles. The molecule has 0 unspecified atom stereocenters. The lowest BCUT2D eigenvalue weighted by atomic mass is 9.94. The van der Waals surface area contributed by atoms with Crippen molar-refractivity contribution < 1.29 is 5.11 Å². The molecule has 5 heteroatoms. The van der Waals surface area contributed by atoms with Crippen molar-refractivity contribution in [2.45, 2.75) is 44.7 Å². The van der Waals surface area contributed by atoms with Gasteiger partial charge in [-0.3, -0.25) is 9.88 Å². The van der Waals surface area contributed by atoms with E-state index in [0.29, 0.717) is 6.04 Å². The summed E-state index contributed by atoms with van der Waals surface area (Å²) in [5.74, 6) is 0. The maximum atomic E-state index is 9.36. The van der Waals surface area contributed by atoms with Crippen LogP contribution in [0.25, 0.3) is 10.7 Å². The largest absolute Gasteiger partial charge is 0.395 e. The number of thiazole rings is 1. The highest BCUT2D eigenvalue weighted by Crippen LogP contribution is 2.26. The van der Waals surface area contributed by atoms with Crippen LogP contribution in [0.5, 0.6) is 0 Å². The van der Waals surface area contributed by atoms with Crippen LogP contribution in [-0.4, -0.2) is 39.2 Å². The molecule has 4 nitrogen and oxygen atoms in total. The van der Waals surface area contributed by atoms with E-state index in [1.807, 2.05) is 18.2 Å². The quantitative estimate of drug-likeness (QED) is 0.888. The summed E-state index contributed by atoms with van der Waals surface area (Å²) in [7, 11) is 0. The molecule has 118 valence electrons. The van der Waals surface area contributed by atoms with E-state index in [1.54, 1.807) is 17.5 Å². The molecule has 2 aromatic rings. The fraction of sp³-hybridized carbons (Fsp3) is 0.529. The summed E-state index contributed by atoms with van der Waals surface area (Å²) in [5, 5.41) is 12.5. The Labute approximate surface area is 135 Å². The van der Waals surface area contributed by atoms with Crippen LogP contribution >= 0.6 is 11.3 Å². The Hall–Kier alpha value is -1.30. The molecule has 0 aliphatic heterocycles. The van der Waals surface area contributed by atoms with Gasteiger partial charge in [-0.1, -0.05) is 25.3 Å². The lowest BCUT2D eigenvalue weighted by Gasteiger charge is -2.33. The van der Waals surface area contributed by atoms with Crippen LogP contribution in [0.1, 0.15) is 37.8 Å². The Kier molecular flexibility index (Phi) is 5.53. The van der Waals surface area contributed by atoms with Crippen LogP contribution in [0.2, 0.25) is 0 Å². The summed E-state index contributed by atoms with van der Waals surface area (Å²) in [5.41, 5.74) is 2.02. The number of hydrogen-bond donors (Lipinski definition) is 1. The molecular weight excluding hydrogens is 294 g/mol. The summed E-state index contributed by atoms with van der Waals surface area (Å²) in [6.07, 6.45) is 8.26. The maximum Gasteiger partial charge on any atom is 0.142 e. The maximum absolute atomic E-state index is 9.36. The van der Waals surface area contributed by atoms with Crippen molar-refractivity contribution in [2.24, 2.45) is 0 Å². The van der Waals surface area contributed by atoms with Gasteiger partial charge in [0.05, 0.1) is 18.0 Å². The fourth-order valence-corrected chi connectivity index (χ4v) is 3.95. The average molecular weight is 317 g/mol. The smallest absolute Gasteiger partial charge is 0.142 e. The molecule has 0 saturated heterocycles. The van der Waals surface area contributed by atoms with Crippen molar-refractivity contribution in [3.63, 3.8) is 0 Å². The number of hydrogen-bond acceptors (Lipinski definition) is 5. The highest BCUT2D eigenvalue weighted by molar-refractivity contribution is 7.13. The van der Waals surface area contributed by atoms with Gasteiger partial charge in [-0.15, -0.1) is 11.3 Å². The lowest BCUT2D eigenvalue weighted by molar-refractivity contribution is 0.116. The van der Waals surface area contributed by atoms with E-state index in [2.05, 4.69) is 15.3 Å². The zero-order valence-corrected chi connectivity index (χ0v) is 13.6. The second-order valence-electron chi connectivity index (χ2n) is 5.84. The van der Waals surface area contributed by atoms with Crippen LogP contribution in [0.4, 0.5) is 0 Å². The molecule has 2 heterocycles. The van der Waals surface area contributed by atoms with Gasteiger partial charge in [0.1, 0.15) is 5.01 Å². The fourth-order valence-electron chi connectivity index (χ4n) is 3.16. The number of aliphatic hydroxyl groups is 1. The minimum absolute atomic E-state index is 0.216. The van der Waals surface area contributed by atoms with Crippen LogP contribution in [0, 0.1) is 0 Å². The van der Waals surface area contributed by atoms with E-state index in [1.165, 1.54) is 32.1 Å². The Morgan fingerprint density at radius 3 is 2.82 bits per heavy atom. The normalized spacial score (nSPS) is 16.3. The number of aliphatic hydroxyl groups excluding tert-OH is 1. The minimum Gasteiger partial charge on any atom is -0.395 e. The first-order valence-corrected chi connectivity index (χ1v) is 8.95. The molecule has 1 saturated carbocycles. The molecular formula is C17H23N3OS. The van der Waals surface area contributed by atoms with Gasteiger partial charge in [0.15, 0.2) is 0 Å². The molecule has 0 radical (unpaired) electrons.